The molecule has 0 unspecified atom stereocenters. The van der Waals surface area contributed by atoms with Gasteiger partial charge in [-0.25, -0.2) is 9.59 Å². The van der Waals surface area contributed by atoms with Crippen LogP contribution in [0.3, 0.4) is 0 Å². The van der Waals surface area contributed by atoms with Crippen LogP contribution in [0.2, 0.25) is 0 Å². The zero-order valence-corrected chi connectivity index (χ0v) is 10.7. The third-order valence-corrected chi connectivity index (χ3v) is 2.62. The van der Waals surface area contributed by atoms with E-state index in [1.165, 1.54) is 31.4 Å². The maximum Gasteiger partial charge on any atom is 0.343 e. The number of rotatable bonds is 4. The molecular formula is C15H12O5. The Balaban J connectivity index is 2.14. The average molecular weight is 272 g/mol. The molecule has 0 saturated heterocycles. The summed E-state index contributed by atoms with van der Waals surface area (Å²) in [5.74, 6) is -0.817. The lowest BCUT2D eigenvalue weighted by atomic mass is 10.2. The van der Waals surface area contributed by atoms with E-state index >= 15 is 0 Å². The first-order chi connectivity index (χ1) is 9.60. The molecule has 0 aromatic heterocycles. The smallest absolute Gasteiger partial charge is 0.343 e. The Labute approximate surface area is 115 Å². The number of benzene rings is 2. The van der Waals surface area contributed by atoms with Gasteiger partial charge >= 0.3 is 11.9 Å². The molecule has 2 aromatic rings. The predicted octanol–water partition coefficient (Wildman–Crippen LogP) is 2.61. The Hall–Kier alpha value is -2.82. The molecule has 1 N–H and O–H groups in total. The summed E-state index contributed by atoms with van der Waals surface area (Å²) in [5.41, 5.74) is 0.413. The summed E-state index contributed by atoms with van der Waals surface area (Å²) < 4.78 is 10.1. The number of esters is 1. The Morgan fingerprint density at radius 1 is 0.950 bits per heavy atom. The van der Waals surface area contributed by atoms with Gasteiger partial charge in [0.2, 0.25) is 0 Å². The molecule has 2 rings (SSSR count). The molecular weight excluding hydrogens is 260 g/mol. The van der Waals surface area contributed by atoms with Crippen molar-refractivity contribution in [3.05, 3.63) is 59.7 Å². The highest BCUT2D eigenvalue weighted by atomic mass is 16.5. The van der Waals surface area contributed by atoms with Crippen molar-refractivity contribution in [2.75, 3.05) is 7.11 Å². The molecule has 0 amide bonds. The number of carboxylic acid groups (broad SMARTS) is 1. The van der Waals surface area contributed by atoms with Crippen LogP contribution in [-0.2, 0) is 0 Å². The van der Waals surface area contributed by atoms with Crippen molar-refractivity contribution in [3.63, 3.8) is 0 Å². The number of methoxy groups -OCH3 is 1. The lowest BCUT2D eigenvalue weighted by molar-refractivity contribution is 0.0687. The van der Waals surface area contributed by atoms with Crippen LogP contribution in [0.15, 0.2) is 48.5 Å². The third kappa shape index (κ3) is 3.14. The van der Waals surface area contributed by atoms with E-state index in [-0.39, 0.29) is 11.3 Å². The molecule has 0 radical (unpaired) electrons. The Bertz CT molecular complexity index is 631. The van der Waals surface area contributed by atoms with Gasteiger partial charge in [0.25, 0.3) is 0 Å². The van der Waals surface area contributed by atoms with Gasteiger partial charge in [0.15, 0.2) is 0 Å². The Morgan fingerprint density at radius 3 is 2.25 bits per heavy atom. The van der Waals surface area contributed by atoms with Crippen LogP contribution in [0.1, 0.15) is 20.7 Å². The van der Waals surface area contributed by atoms with Crippen LogP contribution in [0.4, 0.5) is 0 Å². The van der Waals surface area contributed by atoms with E-state index in [1.54, 1.807) is 24.3 Å². The fourth-order valence-corrected chi connectivity index (χ4v) is 1.59. The van der Waals surface area contributed by atoms with E-state index in [1.807, 2.05) is 0 Å². The molecule has 0 aliphatic carbocycles. The molecule has 0 aliphatic heterocycles. The molecule has 0 atom stereocenters. The van der Waals surface area contributed by atoms with Crippen molar-refractivity contribution in [1.82, 2.24) is 0 Å². The number of carboxylic acids is 1. The first-order valence-corrected chi connectivity index (χ1v) is 5.80. The van der Waals surface area contributed by atoms with Crippen molar-refractivity contribution in [2.24, 2.45) is 0 Å². The van der Waals surface area contributed by atoms with Gasteiger partial charge in [-0.05, 0) is 42.5 Å². The molecule has 2 aromatic carbocycles. The SMILES string of the molecule is COc1ccc(C(=O)Oc2cccc(C(=O)O)c2)cc1. The minimum Gasteiger partial charge on any atom is -0.497 e. The van der Waals surface area contributed by atoms with Gasteiger partial charge in [-0.2, -0.15) is 0 Å². The lowest BCUT2D eigenvalue weighted by Gasteiger charge is -2.06. The van der Waals surface area contributed by atoms with E-state index in [9.17, 15) is 9.59 Å². The topological polar surface area (TPSA) is 72.8 Å². The first kappa shape index (κ1) is 13.6. The summed E-state index contributed by atoms with van der Waals surface area (Å²) in [6, 6.07) is 12.2. The van der Waals surface area contributed by atoms with Crippen LogP contribution in [-0.4, -0.2) is 24.2 Å². The molecule has 0 aliphatic rings. The molecule has 0 saturated carbocycles. The highest BCUT2D eigenvalue weighted by Gasteiger charge is 2.10. The van der Waals surface area contributed by atoms with E-state index < -0.39 is 11.9 Å². The third-order valence-electron chi connectivity index (χ3n) is 2.62. The molecule has 5 heteroatoms. The summed E-state index contributed by atoms with van der Waals surface area (Å²) in [4.78, 5) is 22.7. The number of carbonyl (C=O) groups is 2. The minimum atomic E-state index is -1.08. The number of ether oxygens (including phenoxy) is 2. The van der Waals surface area contributed by atoms with Crippen LogP contribution in [0.5, 0.6) is 11.5 Å². The second-order valence-electron chi connectivity index (χ2n) is 3.95. The Morgan fingerprint density at radius 2 is 1.65 bits per heavy atom. The Kier molecular flexibility index (Phi) is 4.00. The molecule has 20 heavy (non-hydrogen) atoms. The second kappa shape index (κ2) is 5.88. The van der Waals surface area contributed by atoms with Gasteiger partial charge in [-0.15, -0.1) is 0 Å². The molecule has 102 valence electrons. The number of aromatic carboxylic acids is 1. The van der Waals surface area contributed by atoms with Gasteiger partial charge in [-0.1, -0.05) is 6.07 Å². The minimum absolute atomic E-state index is 0.0602. The van der Waals surface area contributed by atoms with Crippen molar-refractivity contribution >= 4 is 11.9 Å². The first-order valence-electron chi connectivity index (χ1n) is 5.80. The average Bonchev–Trinajstić information content (AvgIpc) is 2.47. The van der Waals surface area contributed by atoms with Crippen molar-refractivity contribution < 1.29 is 24.2 Å². The van der Waals surface area contributed by atoms with Crippen LogP contribution in [0.25, 0.3) is 0 Å². The highest BCUT2D eigenvalue weighted by Crippen LogP contribution is 2.17. The van der Waals surface area contributed by atoms with Gasteiger partial charge in [0.05, 0.1) is 18.2 Å². The largest absolute Gasteiger partial charge is 0.497 e. The van der Waals surface area contributed by atoms with Crippen LogP contribution >= 0.6 is 0 Å². The second-order valence-corrected chi connectivity index (χ2v) is 3.95. The van der Waals surface area contributed by atoms with Crippen molar-refractivity contribution in [3.8, 4) is 11.5 Å². The van der Waals surface area contributed by atoms with Crippen LogP contribution in [0, 0.1) is 0 Å². The summed E-state index contributed by atoms with van der Waals surface area (Å²) in [5, 5.41) is 8.86. The summed E-state index contributed by atoms with van der Waals surface area (Å²) in [6.45, 7) is 0. The molecule has 0 bridgehead atoms. The van der Waals surface area contributed by atoms with Crippen molar-refractivity contribution in [1.29, 1.82) is 0 Å². The van der Waals surface area contributed by atoms with Gasteiger partial charge in [0.1, 0.15) is 11.5 Å². The molecule has 0 heterocycles. The summed E-state index contributed by atoms with van der Waals surface area (Å²) in [6.07, 6.45) is 0. The molecule has 5 nitrogen and oxygen atoms in total. The van der Waals surface area contributed by atoms with Crippen molar-refractivity contribution in [2.45, 2.75) is 0 Å². The number of hydrogen-bond acceptors (Lipinski definition) is 4. The van der Waals surface area contributed by atoms with Crippen LogP contribution < -0.4 is 9.47 Å². The highest BCUT2D eigenvalue weighted by molar-refractivity contribution is 5.92. The van der Waals surface area contributed by atoms with E-state index in [4.69, 9.17) is 14.6 Å². The number of carbonyl (C=O) groups excluding carboxylic acids is 1. The predicted molar refractivity (Wildman–Crippen MR) is 71.4 cm³/mol. The standard InChI is InChI=1S/C15H12O5/c1-19-12-7-5-10(6-8-12)15(18)20-13-4-2-3-11(9-13)14(16)17/h2-9H,1H3,(H,16,17). The molecule has 0 spiro atoms. The zero-order valence-electron chi connectivity index (χ0n) is 10.7. The van der Waals surface area contributed by atoms with Gasteiger partial charge < -0.3 is 14.6 Å². The van der Waals surface area contributed by atoms with E-state index in [0.29, 0.717) is 11.3 Å². The van der Waals surface area contributed by atoms with Gasteiger partial charge in [0, 0.05) is 0 Å². The normalized spacial score (nSPS) is 9.85. The van der Waals surface area contributed by atoms with E-state index in [2.05, 4.69) is 0 Å². The fourth-order valence-electron chi connectivity index (χ4n) is 1.59. The quantitative estimate of drug-likeness (QED) is 0.684. The van der Waals surface area contributed by atoms with E-state index in [0.717, 1.165) is 0 Å². The van der Waals surface area contributed by atoms with Gasteiger partial charge in [-0.3, -0.25) is 0 Å². The maximum absolute atomic E-state index is 11.9. The fraction of sp³-hybridized carbons (Fsp3) is 0.0667. The summed E-state index contributed by atoms with van der Waals surface area (Å²) in [7, 11) is 1.53. The lowest BCUT2D eigenvalue weighted by Crippen LogP contribution is -2.09. The maximum atomic E-state index is 11.9. The molecule has 0 fully saturated rings. The number of hydrogen-bond donors (Lipinski definition) is 1. The summed E-state index contributed by atoms with van der Waals surface area (Å²) >= 11 is 0. The zero-order chi connectivity index (χ0) is 14.5. The monoisotopic (exact) mass is 272 g/mol.